The maximum Gasteiger partial charge on any atom is 0.227 e. The number of rotatable bonds is 2. The first-order valence-corrected chi connectivity index (χ1v) is 6.59. The lowest BCUT2D eigenvalue weighted by Gasteiger charge is -2.23. The highest BCUT2D eigenvalue weighted by molar-refractivity contribution is 5.80. The molecule has 0 bridgehead atoms. The summed E-state index contributed by atoms with van der Waals surface area (Å²) < 4.78 is 0. The molecule has 0 spiro atoms. The van der Waals surface area contributed by atoms with Crippen molar-refractivity contribution >= 4 is 5.91 Å². The van der Waals surface area contributed by atoms with Gasteiger partial charge in [0.05, 0.1) is 5.92 Å². The summed E-state index contributed by atoms with van der Waals surface area (Å²) in [6, 6.07) is 0. The largest absolute Gasteiger partial charge is 0.342 e. The van der Waals surface area contributed by atoms with E-state index >= 15 is 0 Å². The predicted molar refractivity (Wildman–Crippen MR) is 65.0 cm³/mol. The lowest BCUT2D eigenvalue weighted by atomic mass is 9.95. The molecule has 0 aromatic carbocycles. The van der Waals surface area contributed by atoms with E-state index in [4.69, 9.17) is 0 Å². The van der Waals surface area contributed by atoms with Crippen LogP contribution in [0, 0.1) is 23.7 Å². The highest BCUT2D eigenvalue weighted by Gasteiger charge is 2.36. The number of likely N-dealkylation sites (tertiary alicyclic amines) is 1. The van der Waals surface area contributed by atoms with Gasteiger partial charge in [-0.05, 0) is 30.7 Å². The molecule has 2 heterocycles. The average Bonchev–Trinajstić information content (AvgIpc) is 2.84. The molecular formula is C13H24N2O. The van der Waals surface area contributed by atoms with Crippen LogP contribution >= 0.6 is 0 Å². The number of hydrogen-bond acceptors (Lipinski definition) is 2. The van der Waals surface area contributed by atoms with Crippen LogP contribution in [0.2, 0.25) is 0 Å². The fourth-order valence-corrected chi connectivity index (χ4v) is 2.91. The maximum absolute atomic E-state index is 12.3. The van der Waals surface area contributed by atoms with Crippen molar-refractivity contribution in [2.45, 2.75) is 27.2 Å². The smallest absolute Gasteiger partial charge is 0.227 e. The number of hydrogen-bond donors (Lipinski definition) is 1. The van der Waals surface area contributed by atoms with Crippen molar-refractivity contribution in [3.8, 4) is 0 Å². The molecule has 2 aliphatic rings. The van der Waals surface area contributed by atoms with E-state index in [1.165, 1.54) is 6.42 Å². The standard InChI is InChI=1S/C13H24N2O/c1-9(2)11-4-5-15(8-11)13(16)12-7-14-6-10(12)3/h9-12,14H,4-8H2,1-3H3. The Morgan fingerprint density at radius 3 is 2.62 bits per heavy atom. The quantitative estimate of drug-likeness (QED) is 0.768. The Kier molecular flexibility index (Phi) is 3.53. The monoisotopic (exact) mass is 224 g/mol. The summed E-state index contributed by atoms with van der Waals surface area (Å²) in [5.41, 5.74) is 0. The minimum absolute atomic E-state index is 0.228. The summed E-state index contributed by atoms with van der Waals surface area (Å²) in [6.07, 6.45) is 1.19. The van der Waals surface area contributed by atoms with Crippen LogP contribution in [0.15, 0.2) is 0 Å². The molecular weight excluding hydrogens is 200 g/mol. The molecule has 0 aromatic heterocycles. The fourth-order valence-electron chi connectivity index (χ4n) is 2.91. The fraction of sp³-hybridized carbons (Fsp3) is 0.923. The van der Waals surface area contributed by atoms with Crippen molar-refractivity contribution < 1.29 is 4.79 Å². The molecule has 0 aliphatic carbocycles. The Morgan fingerprint density at radius 1 is 1.38 bits per heavy atom. The molecule has 16 heavy (non-hydrogen) atoms. The van der Waals surface area contributed by atoms with Crippen molar-refractivity contribution in [2.24, 2.45) is 23.7 Å². The summed E-state index contributed by atoms with van der Waals surface area (Å²) in [4.78, 5) is 14.4. The van der Waals surface area contributed by atoms with E-state index in [2.05, 4.69) is 31.0 Å². The molecule has 92 valence electrons. The van der Waals surface area contributed by atoms with Crippen LogP contribution in [0.5, 0.6) is 0 Å². The van der Waals surface area contributed by atoms with Crippen LogP contribution < -0.4 is 5.32 Å². The van der Waals surface area contributed by atoms with Crippen molar-refractivity contribution in [1.82, 2.24) is 10.2 Å². The van der Waals surface area contributed by atoms with Gasteiger partial charge in [-0.15, -0.1) is 0 Å². The summed E-state index contributed by atoms with van der Waals surface area (Å²) in [5, 5.41) is 3.31. The molecule has 2 aliphatic heterocycles. The van der Waals surface area contributed by atoms with Gasteiger partial charge in [-0.3, -0.25) is 4.79 Å². The second-order valence-electron chi connectivity index (χ2n) is 5.82. The first-order valence-electron chi connectivity index (χ1n) is 6.59. The van der Waals surface area contributed by atoms with Gasteiger partial charge in [-0.2, -0.15) is 0 Å². The van der Waals surface area contributed by atoms with Crippen LogP contribution in [0.4, 0.5) is 0 Å². The Labute approximate surface area is 98.6 Å². The highest BCUT2D eigenvalue weighted by atomic mass is 16.2. The van der Waals surface area contributed by atoms with Gasteiger partial charge in [0.2, 0.25) is 5.91 Å². The van der Waals surface area contributed by atoms with Gasteiger partial charge >= 0.3 is 0 Å². The molecule has 0 radical (unpaired) electrons. The van der Waals surface area contributed by atoms with E-state index in [1.54, 1.807) is 0 Å². The zero-order valence-corrected chi connectivity index (χ0v) is 10.7. The second kappa shape index (κ2) is 4.74. The van der Waals surface area contributed by atoms with E-state index in [1.807, 2.05) is 0 Å². The number of nitrogens with zero attached hydrogens (tertiary/aromatic N) is 1. The summed E-state index contributed by atoms with van der Waals surface area (Å²) in [5.74, 6) is 2.54. The number of carbonyl (C=O) groups is 1. The van der Waals surface area contributed by atoms with Gasteiger partial charge in [0, 0.05) is 19.6 Å². The highest BCUT2D eigenvalue weighted by Crippen LogP contribution is 2.27. The third-order valence-electron chi connectivity index (χ3n) is 4.31. The van der Waals surface area contributed by atoms with Crippen molar-refractivity contribution in [3.05, 3.63) is 0 Å². The molecule has 1 amide bonds. The number of amides is 1. The normalized spacial score (nSPS) is 35.0. The zero-order valence-electron chi connectivity index (χ0n) is 10.7. The van der Waals surface area contributed by atoms with Crippen LogP contribution in [-0.2, 0) is 4.79 Å². The lowest BCUT2D eigenvalue weighted by Crippen LogP contribution is -2.37. The summed E-state index contributed by atoms with van der Waals surface area (Å²) >= 11 is 0. The van der Waals surface area contributed by atoms with Crippen molar-refractivity contribution in [2.75, 3.05) is 26.2 Å². The second-order valence-corrected chi connectivity index (χ2v) is 5.82. The number of carbonyl (C=O) groups excluding carboxylic acids is 1. The van der Waals surface area contributed by atoms with Gasteiger partial charge < -0.3 is 10.2 Å². The van der Waals surface area contributed by atoms with Gasteiger partial charge in [-0.25, -0.2) is 0 Å². The van der Waals surface area contributed by atoms with Crippen LogP contribution in [0.25, 0.3) is 0 Å². The Bertz CT molecular complexity index is 265. The Hall–Kier alpha value is -0.570. The molecule has 3 unspecified atom stereocenters. The molecule has 2 fully saturated rings. The third-order valence-corrected chi connectivity index (χ3v) is 4.31. The Morgan fingerprint density at radius 2 is 2.12 bits per heavy atom. The summed E-state index contributed by atoms with van der Waals surface area (Å²) in [6.45, 7) is 10.5. The van der Waals surface area contributed by atoms with Crippen LogP contribution in [0.3, 0.4) is 0 Å². The van der Waals surface area contributed by atoms with Crippen LogP contribution in [-0.4, -0.2) is 37.0 Å². The topological polar surface area (TPSA) is 32.3 Å². The minimum atomic E-state index is 0.228. The minimum Gasteiger partial charge on any atom is -0.342 e. The van der Waals surface area contributed by atoms with E-state index < -0.39 is 0 Å². The lowest BCUT2D eigenvalue weighted by molar-refractivity contribution is -0.135. The first-order chi connectivity index (χ1) is 7.59. The maximum atomic E-state index is 12.3. The van der Waals surface area contributed by atoms with Gasteiger partial charge in [0.15, 0.2) is 0 Å². The van der Waals surface area contributed by atoms with E-state index in [0.29, 0.717) is 23.7 Å². The zero-order chi connectivity index (χ0) is 11.7. The Balaban J connectivity index is 1.91. The third kappa shape index (κ3) is 2.24. The van der Waals surface area contributed by atoms with E-state index in [0.717, 1.165) is 26.2 Å². The molecule has 3 atom stereocenters. The molecule has 0 saturated carbocycles. The number of nitrogens with one attached hydrogen (secondary N) is 1. The first kappa shape index (κ1) is 11.9. The molecule has 3 nitrogen and oxygen atoms in total. The molecule has 3 heteroatoms. The van der Waals surface area contributed by atoms with Crippen LogP contribution in [0.1, 0.15) is 27.2 Å². The van der Waals surface area contributed by atoms with Crippen molar-refractivity contribution in [3.63, 3.8) is 0 Å². The van der Waals surface area contributed by atoms with Gasteiger partial charge in [0.1, 0.15) is 0 Å². The molecule has 2 saturated heterocycles. The van der Waals surface area contributed by atoms with E-state index in [-0.39, 0.29) is 5.92 Å². The summed E-state index contributed by atoms with van der Waals surface area (Å²) in [7, 11) is 0. The molecule has 2 rings (SSSR count). The van der Waals surface area contributed by atoms with E-state index in [9.17, 15) is 4.79 Å². The van der Waals surface area contributed by atoms with Crippen molar-refractivity contribution in [1.29, 1.82) is 0 Å². The molecule has 0 aromatic rings. The SMILES string of the molecule is CC(C)C1CCN(C(=O)C2CNCC2C)C1. The molecule has 1 N–H and O–H groups in total. The predicted octanol–water partition coefficient (Wildman–Crippen LogP) is 1.35. The van der Waals surface area contributed by atoms with Gasteiger partial charge in [0.25, 0.3) is 0 Å². The average molecular weight is 224 g/mol. The van der Waals surface area contributed by atoms with Gasteiger partial charge in [-0.1, -0.05) is 20.8 Å².